The van der Waals surface area contributed by atoms with Crippen LogP contribution in [0.15, 0.2) is 48.9 Å². The molecule has 25 heteroatoms. The number of hydrogen-bond acceptors (Lipinski definition) is 3. The molecule has 0 aliphatic heterocycles. The Labute approximate surface area is 350 Å². The fourth-order valence-corrected chi connectivity index (χ4v) is 6.68. The first kappa shape index (κ1) is 49.3. The van der Waals surface area contributed by atoms with Gasteiger partial charge in [-0.05, 0) is 20.8 Å². The van der Waals surface area contributed by atoms with Crippen LogP contribution in [0.4, 0.5) is 87.8 Å². The van der Waals surface area contributed by atoms with Crippen LogP contribution in [0.5, 0.6) is 0 Å². The van der Waals surface area contributed by atoms with Gasteiger partial charge in [-0.25, -0.2) is 92.6 Å². The lowest BCUT2D eigenvalue weighted by Gasteiger charge is -2.44. The summed E-state index contributed by atoms with van der Waals surface area (Å²) in [6.07, 6.45) is -2.23. The molecule has 0 N–H and O–H groups in total. The minimum Gasteiger partial charge on any atom is -0.452 e. The maximum atomic E-state index is 15.4. The van der Waals surface area contributed by atoms with Crippen molar-refractivity contribution in [1.29, 1.82) is 0 Å². The second-order valence-corrected chi connectivity index (χ2v) is 14.4. The normalized spacial score (nSPS) is 11.7. The number of benzene rings is 5. The Morgan fingerprint density at radius 2 is 0.754 bits per heavy atom. The lowest BCUT2D eigenvalue weighted by atomic mass is 9.12. The first-order valence-corrected chi connectivity index (χ1v) is 17.5. The van der Waals surface area contributed by atoms with E-state index >= 15 is 35.1 Å². The summed E-state index contributed by atoms with van der Waals surface area (Å²) in [5, 5.41) is 0. The van der Waals surface area contributed by atoms with E-state index in [2.05, 4.69) is 4.98 Å². The molecule has 1 aromatic heterocycles. The van der Waals surface area contributed by atoms with Crippen molar-refractivity contribution in [1.82, 2.24) is 4.98 Å². The zero-order chi connectivity index (χ0) is 48.9. The van der Waals surface area contributed by atoms with Gasteiger partial charge in [0, 0.05) is 5.56 Å². The quantitative estimate of drug-likeness (QED) is 0.0405. The summed E-state index contributed by atoms with van der Waals surface area (Å²) in [5.41, 5.74) is -13.3. The van der Waals surface area contributed by atoms with Crippen LogP contribution in [0.3, 0.4) is 0 Å². The molecule has 0 spiro atoms. The van der Waals surface area contributed by atoms with Crippen molar-refractivity contribution in [3.05, 3.63) is 177 Å². The predicted molar refractivity (Wildman–Crippen MR) is 184 cm³/mol. The monoisotopic (exact) mass is 950 g/mol. The van der Waals surface area contributed by atoms with Crippen LogP contribution in [0.2, 0.25) is 0 Å². The van der Waals surface area contributed by atoms with Crippen LogP contribution in [-0.2, 0) is 11.3 Å². The van der Waals surface area contributed by atoms with Crippen LogP contribution in [0.25, 0.3) is 0 Å². The molecule has 0 aliphatic rings. The number of rotatable bonds is 7. The van der Waals surface area contributed by atoms with E-state index in [1.807, 2.05) is 55.7 Å². The van der Waals surface area contributed by atoms with E-state index in [-0.39, 0.29) is 5.97 Å². The van der Waals surface area contributed by atoms with Crippen LogP contribution in [0, 0.1) is 116 Å². The number of aromatic nitrogens is 2. The second kappa shape index (κ2) is 18.1. The van der Waals surface area contributed by atoms with Gasteiger partial charge < -0.3 is 4.74 Å². The van der Waals surface area contributed by atoms with Gasteiger partial charge in [0.1, 0.15) is 64.5 Å². The summed E-state index contributed by atoms with van der Waals surface area (Å²) >= 11 is 0. The summed E-state index contributed by atoms with van der Waals surface area (Å²) in [6, 6.07) is 9.96. The summed E-state index contributed by atoms with van der Waals surface area (Å²) < 4.78 is 301. The molecule has 6 rings (SSSR count). The largest absolute Gasteiger partial charge is 0.452 e. The summed E-state index contributed by atoms with van der Waals surface area (Å²) in [5.74, 6) is -71.8. The number of carbonyl (C=O) groups is 1. The Morgan fingerprint density at radius 3 is 1.03 bits per heavy atom. The van der Waals surface area contributed by atoms with E-state index in [1.54, 1.807) is 12.4 Å². The van der Waals surface area contributed by atoms with E-state index < -0.39 is 150 Å². The molecule has 0 saturated heterocycles. The minimum atomic E-state index is -7.22. The van der Waals surface area contributed by atoms with Gasteiger partial charge >= 0.3 is 11.7 Å². The predicted octanol–water partition coefficient (Wildman–Crippen LogP) is 8.22. The third-order valence-electron chi connectivity index (χ3n) is 9.35. The molecule has 1 heterocycles. The van der Waals surface area contributed by atoms with Crippen molar-refractivity contribution in [2.75, 3.05) is 0 Å². The lowest BCUT2D eigenvalue weighted by molar-refractivity contribution is -0.691. The van der Waals surface area contributed by atoms with Gasteiger partial charge in [0.25, 0.3) is 0 Å². The maximum absolute atomic E-state index is 15.4. The number of esters is 1. The van der Waals surface area contributed by atoms with E-state index in [4.69, 9.17) is 4.74 Å². The van der Waals surface area contributed by atoms with Crippen molar-refractivity contribution >= 4 is 34.0 Å². The van der Waals surface area contributed by atoms with Gasteiger partial charge in [0.05, 0.1) is 6.20 Å². The highest BCUT2D eigenvalue weighted by Gasteiger charge is 2.52. The third kappa shape index (κ3) is 8.30. The zero-order valence-corrected chi connectivity index (χ0v) is 32.2. The Bertz CT molecular complexity index is 2510. The number of ether oxygens (including phenoxy) is 1. The molecule has 0 fully saturated rings. The molecule has 0 unspecified atom stereocenters. The molecule has 0 aliphatic carbocycles. The molecule has 65 heavy (non-hydrogen) atoms. The molecule has 0 saturated carbocycles. The summed E-state index contributed by atoms with van der Waals surface area (Å²) in [7, 11) is 0. The highest BCUT2D eigenvalue weighted by atomic mass is 19.2. The van der Waals surface area contributed by atoms with Gasteiger partial charge in [-0.15, -0.1) is 21.9 Å². The Balaban J connectivity index is 0.000000330. The minimum absolute atomic E-state index is 0.360. The molecular weight excluding hydrogens is 931 g/mol. The molecule has 0 atom stereocenters. The maximum Gasteiger partial charge on any atom is 0.405 e. The van der Waals surface area contributed by atoms with Crippen LogP contribution >= 0.6 is 0 Å². The van der Waals surface area contributed by atoms with Crippen LogP contribution in [-0.4, -0.2) is 22.7 Å². The highest BCUT2D eigenvalue weighted by molar-refractivity contribution is 7.20. The second-order valence-electron chi connectivity index (χ2n) is 14.4. The number of nitrogens with zero attached hydrogens (tertiary/aromatic N) is 2. The van der Waals surface area contributed by atoms with Crippen molar-refractivity contribution < 1.29 is 102 Å². The van der Waals surface area contributed by atoms with Gasteiger partial charge in [-0.3, -0.25) is 4.98 Å². The summed E-state index contributed by atoms with van der Waals surface area (Å²) in [6.45, 7) is 6.16. The first-order chi connectivity index (χ1) is 30.2. The van der Waals surface area contributed by atoms with E-state index in [1.165, 1.54) is 6.20 Å². The van der Waals surface area contributed by atoms with Gasteiger partial charge in [0.15, 0.2) is 82.5 Å². The number of halogens is 20. The Kier molecular flexibility index (Phi) is 13.7. The van der Waals surface area contributed by atoms with Crippen molar-refractivity contribution in [2.24, 2.45) is 0 Å². The molecule has 4 nitrogen and oxygen atoms in total. The summed E-state index contributed by atoms with van der Waals surface area (Å²) in [4.78, 5) is 16.2. The van der Waals surface area contributed by atoms with Crippen molar-refractivity contribution in [3.8, 4) is 0 Å². The molecule has 0 amide bonds. The van der Waals surface area contributed by atoms with Crippen LogP contribution in [0.1, 0.15) is 36.8 Å². The van der Waals surface area contributed by atoms with E-state index in [0.29, 0.717) is 12.2 Å². The van der Waals surface area contributed by atoms with E-state index in [9.17, 15) is 57.5 Å². The SMILES string of the molecule is CC(C)(C)OC(=O)c1cncc[n+]1Cc1ccccc1.Fc1c(F)c(F)c([B-](c2c(F)c(F)c(F)c(F)c2F)(c2c(F)c(F)c(F)c(F)c2F)c2c(F)c(F)c(F)c(F)c2F)c(F)c1F. The Hall–Kier alpha value is -6.69. The molecular formula is C40H19BF20N2O2. The standard InChI is InChI=1S/C24BF20.C16H19N2O2/c26-5-1(6(27)14(35)21(42)13(5)34)25(2-7(28)15(36)22(43)16(37)8(2)29,3-9(30)17(38)23(44)18(39)10(3)31)4-11(32)19(40)24(45)20(41)12(4)33;1-16(2,3)20-15(19)14-11-17-9-10-18(14)12-13-7-5-4-6-8-13/h;4-11H,12H2,1-3H3/q-1;+1. The molecule has 0 bridgehead atoms. The number of hydrogen-bond donors (Lipinski definition) is 0. The van der Waals surface area contributed by atoms with Crippen molar-refractivity contribution in [3.63, 3.8) is 0 Å². The number of carbonyl (C=O) groups excluding carboxylic acids is 1. The van der Waals surface area contributed by atoms with Gasteiger partial charge in [-0.2, -0.15) is 4.57 Å². The highest BCUT2D eigenvalue weighted by Crippen LogP contribution is 2.31. The van der Waals surface area contributed by atoms with E-state index in [0.717, 1.165) is 5.56 Å². The zero-order valence-electron chi connectivity index (χ0n) is 32.2. The fourth-order valence-electron chi connectivity index (χ4n) is 6.68. The topological polar surface area (TPSA) is 43.1 Å². The smallest absolute Gasteiger partial charge is 0.405 e. The van der Waals surface area contributed by atoms with Crippen molar-refractivity contribution in [2.45, 2.75) is 32.9 Å². The molecule has 0 radical (unpaired) electrons. The fraction of sp³-hybridized carbons (Fsp3) is 0.125. The van der Waals surface area contributed by atoms with Crippen LogP contribution < -0.4 is 26.4 Å². The third-order valence-corrected chi connectivity index (χ3v) is 9.35. The Morgan fingerprint density at radius 1 is 0.477 bits per heavy atom. The van der Waals surface area contributed by atoms with Gasteiger partial charge in [0.2, 0.25) is 0 Å². The first-order valence-electron chi connectivity index (χ1n) is 17.5. The molecule has 5 aromatic carbocycles. The van der Waals surface area contributed by atoms with Gasteiger partial charge in [-0.1, -0.05) is 30.3 Å². The average Bonchev–Trinajstić information content (AvgIpc) is 3.26. The lowest BCUT2D eigenvalue weighted by Crippen LogP contribution is -2.81. The molecule has 344 valence electrons. The molecule has 6 aromatic rings. The average molecular weight is 950 g/mol.